The van der Waals surface area contributed by atoms with E-state index in [9.17, 15) is 4.79 Å². The number of hydrogen-bond donors (Lipinski definition) is 1. The number of nitrogens with one attached hydrogen (secondary N) is 1. The average molecular weight is 418 g/mol. The second-order valence-electron chi connectivity index (χ2n) is 7.05. The van der Waals surface area contributed by atoms with Gasteiger partial charge in [0.15, 0.2) is 0 Å². The molecule has 0 bridgehead atoms. The molecule has 0 radical (unpaired) electrons. The highest BCUT2D eigenvalue weighted by molar-refractivity contribution is 9.10. The van der Waals surface area contributed by atoms with E-state index in [1.807, 2.05) is 38.1 Å². The summed E-state index contributed by atoms with van der Waals surface area (Å²) in [4.78, 5) is 23.7. The highest BCUT2D eigenvalue weighted by Gasteiger charge is 2.23. The summed E-state index contributed by atoms with van der Waals surface area (Å²) in [5.74, 6) is 0.681. The number of hydrogen-bond acceptors (Lipinski definition) is 4. The SMILES string of the molecule is Cc1nc(C(C)(C)C)nc2sc(C(=O)Nc3ccccc3Br)c(C)c12. The van der Waals surface area contributed by atoms with E-state index in [1.54, 1.807) is 0 Å². The van der Waals surface area contributed by atoms with Crippen molar-refractivity contribution in [3.05, 3.63) is 50.7 Å². The first-order valence-corrected chi connectivity index (χ1v) is 9.63. The van der Waals surface area contributed by atoms with Gasteiger partial charge in [-0.05, 0) is 47.5 Å². The van der Waals surface area contributed by atoms with Crippen molar-refractivity contribution in [1.29, 1.82) is 0 Å². The molecule has 0 aliphatic carbocycles. The molecular weight excluding hydrogens is 398 g/mol. The molecule has 0 saturated carbocycles. The number of nitrogens with zero attached hydrogens (tertiary/aromatic N) is 2. The predicted octanol–water partition coefficient (Wildman–Crippen LogP) is 5.62. The topological polar surface area (TPSA) is 54.9 Å². The number of thiophene rings is 1. The molecule has 1 N–H and O–H groups in total. The molecule has 3 aromatic rings. The molecule has 3 rings (SSSR count). The smallest absolute Gasteiger partial charge is 0.266 e. The standard InChI is InChI=1S/C19H20BrN3OS/c1-10-14-11(2)21-18(19(3,4)5)23-17(14)25-15(10)16(24)22-13-9-7-6-8-12(13)20/h6-9H,1-5H3,(H,22,24). The number of anilines is 1. The van der Waals surface area contributed by atoms with Crippen molar-refractivity contribution in [2.75, 3.05) is 5.32 Å². The van der Waals surface area contributed by atoms with E-state index in [-0.39, 0.29) is 11.3 Å². The summed E-state index contributed by atoms with van der Waals surface area (Å²) in [6.07, 6.45) is 0. The van der Waals surface area contributed by atoms with Gasteiger partial charge in [0, 0.05) is 15.3 Å². The van der Waals surface area contributed by atoms with Crippen LogP contribution < -0.4 is 5.32 Å². The van der Waals surface area contributed by atoms with E-state index in [0.717, 1.165) is 37.5 Å². The van der Waals surface area contributed by atoms with E-state index in [4.69, 9.17) is 4.98 Å². The molecule has 1 amide bonds. The largest absolute Gasteiger partial charge is 0.320 e. The minimum Gasteiger partial charge on any atom is -0.320 e. The van der Waals surface area contributed by atoms with Crippen molar-refractivity contribution >= 4 is 49.1 Å². The van der Waals surface area contributed by atoms with Crippen molar-refractivity contribution in [3.63, 3.8) is 0 Å². The highest BCUT2D eigenvalue weighted by Crippen LogP contribution is 2.34. The van der Waals surface area contributed by atoms with Crippen LogP contribution in [0, 0.1) is 13.8 Å². The van der Waals surface area contributed by atoms with Crippen LogP contribution in [0.25, 0.3) is 10.2 Å². The lowest BCUT2D eigenvalue weighted by molar-refractivity contribution is 0.103. The normalized spacial score (nSPS) is 11.8. The average Bonchev–Trinajstić information content (AvgIpc) is 2.86. The van der Waals surface area contributed by atoms with Gasteiger partial charge in [-0.3, -0.25) is 4.79 Å². The molecule has 0 atom stereocenters. The summed E-state index contributed by atoms with van der Waals surface area (Å²) in [7, 11) is 0. The maximum Gasteiger partial charge on any atom is 0.266 e. The molecule has 0 aliphatic heterocycles. The van der Waals surface area contributed by atoms with Gasteiger partial charge in [0.1, 0.15) is 10.7 Å². The van der Waals surface area contributed by atoms with Crippen LogP contribution in [0.5, 0.6) is 0 Å². The lowest BCUT2D eigenvalue weighted by Gasteiger charge is -2.16. The molecule has 0 spiro atoms. The van der Waals surface area contributed by atoms with E-state index in [1.165, 1.54) is 11.3 Å². The van der Waals surface area contributed by atoms with Gasteiger partial charge in [0.2, 0.25) is 0 Å². The van der Waals surface area contributed by atoms with Gasteiger partial charge < -0.3 is 5.32 Å². The second kappa shape index (κ2) is 6.50. The fourth-order valence-electron chi connectivity index (χ4n) is 2.63. The van der Waals surface area contributed by atoms with Gasteiger partial charge >= 0.3 is 0 Å². The molecule has 2 heterocycles. The minimum atomic E-state index is -0.131. The molecule has 1 aromatic carbocycles. The van der Waals surface area contributed by atoms with Gasteiger partial charge in [-0.15, -0.1) is 11.3 Å². The lowest BCUT2D eigenvalue weighted by Crippen LogP contribution is -2.16. The van der Waals surface area contributed by atoms with Crippen LogP contribution in [0.4, 0.5) is 5.69 Å². The van der Waals surface area contributed by atoms with Crippen molar-refractivity contribution in [3.8, 4) is 0 Å². The number of aromatic nitrogens is 2. The zero-order valence-electron chi connectivity index (χ0n) is 14.9. The molecule has 130 valence electrons. The summed E-state index contributed by atoms with van der Waals surface area (Å²) in [6.45, 7) is 10.2. The second-order valence-corrected chi connectivity index (χ2v) is 8.91. The van der Waals surface area contributed by atoms with Gasteiger partial charge in [-0.1, -0.05) is 32.9 Å². The van der Waals surface area contributed by atoms with Crippen LogP contribution in [0.2, 0.25) is 0 Å². The Hall–Kier alpha value is -1.79. The van der Waals surface area contributed by atoms with Crippen LogP contribution in [-0.4, -0.2) is 15.9 Å². The van der Waals surface area contributed by atoms with Crippen LogP contribution in [0.3, 0.4) is 0 Å². The van der Waals surface area contributed by atoms with Gasteiger partial charge in [-0.25, -0.2) is 9.97 Å². The van der Waals surface area contributed by atoms with Crippen molar-refractivity contribution in [2.45, 2.75) is 40.0 Å². The van der Waals surface area contributed by atoms with Crippen LogP contribution in [-0.2, 0) is 5.41 Å². The number of fused-ring (bicyclic) bond motifs is 1. The molecule has 4 nitrogen and oxygen atoms in total. The van der Waals surface area contributed by atoms with Crippen molar-refractivity contribution < 1.29 is 4.79 Å². The number of rotatable bonds is 2. The molecular formula is C19H20BrN3OS. The third kappa shape index (κ3) is 3.46. The van der Waals surface area contributed by atoms with Crippen LogP contribution in [0.15, 0.2) is 28.7 Å². The number of halogens is 1. The number of para-hydroxylation sites is 1. The van der Waals surface area contributed by atoms with E-state index in [2.05, 4.69) is 47.0 Å². The Kier molecular flexibility index (Phi) is 4.68. The van der Waals surface area contributed by atoms with E-state index >= 15 is 0 Å². The maximum atomic E-state index is 12.8. The molecule has 25 heavy (non-hydrogen) atoms. The Bertz CT molecular complexity index is 973. The highest BCUT2D eigenvalue weighted by atomic mass is 79.9. The minimum absolute atomic E-state index is 0.121. The fraction of sp³-hybridized carbons (Fsp3) is 0.316. The van der Waals surface area contributed by atoms with E-state index < -0.39 is 0 Å². The third-order valence-corrected chi connectivity index (χ3v) is 5.85. The first kappa shape index (κ1) is 18.0. The number of carbonyl (C=O) groups is 1. The Balaban J connectivity index is 2.05. The maximum absolute atomic E-state index is 12.8. The first-order valence-electron chi connectivity index (χ1n) is 8.02. The van der Waals surface area contributed by atoms with Crippen LogP contribution >= 0.6 is 27.3 Å². The Morgan fingerprint density at radius 2 is 1.84 bits per heavy atom. The number of carbonyl (C=O) groups excluding carboxylic acids is 1. The fourth-order valence-corrected chi connectivity index (χ4v) is 4.14. The molecule has 0 saturated heterocycles. The zero-order valence-corrected chi connectivity index (χ0v) is 17.3. The Labute approximate surface area is 159 Å². The molecule has 2 aromatic heterocycles. The quantitative estimate of drug-likeness (QED) is 0.588. The summed E-state index contributed by atoms with van der Waals surface area (Å²) in [6, 6.07) is 7.58. The number of aryl methyl sites for hydroxylation is 2. The zero-order chi connectivity index (χ0) is 18.4. The summed E-state index contributed by atoms with van der Waals surface area (Å²) in [5, 5.41) is 3.95. The Morgan fingerprint density at radius 1 is 1.16 bits per heavy atom. The monoisotopic (exact) mass is 417 g/mol. The molecule has 0 fully saturated rings. The summed E-state index contributed by atoms with van der Waals surface area (Å²) < 4.78 is 0.855. The Morgan fingerprint density at radius 3 is 2.48 bits per heavy atom. The summed E-state index contributed by atoms with van der Waals surface area (Å²) in [5.41, 5.74) is 2.47. The van der Waals surface area contributed by atoms with Gasteiger partial charge in [-0.2, -0.15) is 0 Å². The number of benzene rings is 1. The van der Waals surface area contributed by atoms with Crippen molar-refractivity contribution in [2.24, 2.45) is 0 Å². The van der Waals surface area contributed by atoms with Gasteiger partial charge in [0.05, 0.1) is 16.3 Å². The van der Waals surface area contributed by atoms with Crippen molar-refractivity contribution in [1.82, 2.24) is 9.97 Å². The van der Waals surface area contributed by atoms with E-state index in [0.29, 0.717) is 4.88 Å². The molecule has 0 aliphatic rings. The summed E-state index contributed by atoms with van der Waals surface area (Å²) >= 11 is 4.88. The third-order valence-electron chi connectivity index (χ3n) is 3.97. The number of amides is 1. The first-order chi connectivity index (χ1) is 11.7. The molecule has 6 heteroatoms. The van der Waals surface area contributed by atoms with Gasteiger partial charge in [0.25, 0.3) is 5.91 Å². The predicted molar refractivity (Wildman–Crippen MR) is 108 cm³/mol. The molecule has 0 unspecified atom stereocenters. The lowest BCUT2D eigenvalue weighted by atomic mass is 9.95. The van der Waals surface area contributed by atoms with Crippen LogP contribution in [0.1, 0.15) is 47.5 Å².